The Labute approximate surface area is 100 Å². The number of ether oxygens (including phenoxy) is 1. The van der Waals surface area contributed by atoms with E-state index in [9.17, 15) is 0 Å². The Bertz CT molecular complexity index is 219. The first kappa shape index (κ1) is 12.4. The van der Waals surface area contributed by atoms with Gasteiger partial charge in [-0.3, -0.25) is 0 Å². The van der Waals surface area contributed by atoms with Crippen LogP contribution in [0.15, 0.2) is 0 Å². The maximum absolute atomic E-state index is 5.17. The molecule has 2 saturated carbocycles. The average molecular weight is 225 g/mol. The van der Waals surface area contributed by atoms with E-state index in [-0.39, 0.29) is 0 Å². The molecule has 0 aromatic carbocycles. The summed E-state index contributed by atoms with van der Waals surface area (Å²) in [5.41, 5.74) is 0. The largest absolute Gasteiger partial charge is 0.384 e. The SMILES string of the molecule is COCC(C)CNC(C)C1CC2CCC1C2. The molecule has 0 spiro atoms. The highest BCUT2D eigenvalue weighted by molar-refractivity contribution is 4.94. The lowest BCUT2D eigenvalue weighted by Crippen LogP contribution is -2.39. The Morgan fingerprint density at radius 1 is 1.25 bits per heavy atom. The highest BCUT2D eigenvalue weighted by Gasteiger charge is 2.41. The molecule has 5 atom stereocenters. The monoisotopic (exact) mass is 225 g/mol. The molecule has 2 rings (SSSR count). The van der Waals surface area contributed by atoms with Crippen molar-refractivity contribution in [2.24, 2.45) is 23.7 Å². The van der Waals surface area contributed by atoms with Crippen molar-refractivity contribution in [1.29, 1.82) is 0 Å². The molecule has 1 N–H and O–H groups in total. The third-order valence-electron chi connectivity index (χ3n) is 4.67. The molecular formula is C14H27NO. The molecule has 0 aromatic heterocycles. The molecule has 5 unspecified atom stereocenters. The van der Waals surface area contributed by atoms with E-state index in [0.717, 1.165) is 30.9 Å². The Kier molecular flexibility index (Phi) is 4.26. The van der Waals surface area contributed by atoms with Crippen molar-refractivity contribution in [3.8, 4) is 0 Å². The van der Waals surface area contributed by atoms with Gasteiger partial charge < -0.3 is 10.1 Å². The highest BCUT2D eigenvalue weighted by Crippen LogP contribution is 2.49. The molecule has 94 valence electrons. The van der Waals surface area contributed by atoms with Gasteiger partial charge in [0, 0.05) is 26.3 Å². The smallest absolute Gasteiger partial charge is 0.0499 e. The minimum absolute atomic E-state index is 0.631. The lowest BCUT2D eigenvalue weighted by atomic mass is 9.84. The van der Waals surface area contributed by atoms with E-state index >= 15 is 0 Å². The maximum Gasteiger partial charge on any atom is 0.0499 e. The molecule has 16 heavy (non-hydrogen) atoms. The summed E-state index contributed by atoms with van der Waals surface area (Å²) in [4.78, 5) is 0. The molecule has 2 nitrogen and oxygen atoms in total. The fourth-order valence-electron chi connectivity index (χ4n) is 3.79. The van der Waals surface area contributed by atoms with Crippen LogP contribution in [-0.2, 0) is 4.74 Å². The molecule has 0 radical (unpaired) electrons. The van der Waals surface area contributed by atoms with Crippen LogP contribution in [0.4, 0.5) is 0 Å². The van der Waals surface area contributed by atoms with Crippen LogP contribution in [0.1, 0.15) is 39.5 Å². The Balaban J connectivity index is 1.70. The fourth-order valence-corrected chi connectivity index (χ4v) is 3.79. The normalized spacial score (nSPS) is 36.6. The van der Waals surface area contributed by atoms with Crippen LogP contribution in [-0.4, -0.2) is 26.3 Å². The van der Waals surface area contributed by atoms with Gasteiger partial charge in [-0.05, 0) is 49.9 Å². The highest BCUT2D eigenvalue weighted by atomic mass is 16.5. The van der Waals surface area contributed by atoms with E-state index in [1.807, 2.05) is 0 Å². The number of methoxy groups -OCH3 is 1. The van der Waals surface area contributed by atoms with Crippen LogP contribution in [0.2, 0.25) is 0 Å². The van der Waals surface area contributed by atoms with Gasteiger partial charge >= 0.3 is 0 Å². The summed E-state index contributed by atoms with van der Waals surface area (Å²) in [7, 11) is 1.79. The molecule has 0 amide bonds. The summed E-state index contributed by atoms with van der Waals surface area (Å²) in [5, 5.41) is 3.71. The second-order valence-corrected chi connectivity index (χ2v) is 6.10. The van der Waals surface area contributed by atoms with Gasteiger partial charge in [-0.2, -0.15) is 0 Å². The van der Waals surface area contributed by atoms with Crippen molar-refractivity contribution in [3.63, 3.8) is 0 Å². The molecule has 0 saturated heterocycles. The van der Waals surface area contributed by atoms with Crippen molar-refractivity contribution in [3.05, 3.63) is 0 Å². The zero-order valence-electron chi connectivity index (χ0n) is 11.0. The summed E-state index contributed by atoms with van der Waals surface area (Å²) in [5.74, 6) is 3.68. The zero-order chi connectivity index (χ0) is 11.5. The Morgan fingerprint density at radius 3 is 2.62 bits per heavy atom. The van der Waals surface area contributed by atoms with Crippen LogP contribution >= 0.6 is 0 Å². The van der Waals surface area contributed by atoms with Crippen LogP contribution in [0.5, 0.6) is 0 Å². The van der Waals surface area contributed by atoms with E-state index in [1.54, 1.807) is 7.11 Å². The number of rotatable bonds is 6. The topological polar surface area (TPSA) is 21.3 Å². The lowest BCUT2D eigenvalue weighted by molar-refractivity contribution is 0.152. The average Bonchev–Trinajstić information content (AvgIpc) is 2.88. The third-order valence-corrected chi connectivity index (χ3v) is 4.67. The molecule has 2 bridgehead atoms. The van der Waals surface area contributed by atoms with Crippen molar-refractivity contribution in [2.75, 3.05) is 20.3 Å². The summed E-state index contributed by atoms with van der Waals surface area (Å²) >= 11 is 0. The number of nitrogens with one attached hydrogen (secondary N) is 1. The molecule has 2 fully saturated rings. The van der Waals surface area contributed by atoms with Gasteiger partial charge in [-0.25, -0.2) is 0 Å². The van der Waals surface area contributed by atoms with Gasteiger partial charge in [0.25, 0.3) is 0 Å². The first-order chi connectivity index (χ1) is 7.70. The number of hydrogen-bond acceptors (Lipinski definition) is 2. The third kappa shape index (κ3) is 2.78. The van der Waals surface area contributed by atoms with Gasteiger partial charge in [-0.15, -0.1) is 0 Å². The summed E-state index contributed by atoms with van der Waals surface area (Å²) in [6.45, 7) is 6.61. The molecule has 2 aliphatic rings. The molecule has 0 aliphatic heterocycles. The summed E-state index contributed by atoms with van der Waals surface area (Å²) < 4.78 is 5.17. The lowest BCUT2D eigenvalue weighted by Gasteiger charge is -2.29. The van der Waals surface area contributed by atoms with Crippen LogP contribution < -0.4 is 5.32 Å². The molecular weight excluding hydrogens is 198 g/mol. The van der Waals surface area contributed by atoms with Crippen molar-refractivity contribution >= 4 is 0 Å². The van der Waals surface area contributed by atoms with Gasteiger partial charge in [0.2, 0.25) is 0 Å². The quantitative estimate of drug-likeness (QED) is 0.750. The standard InChI is InChI=1S/C14H27NO/c1-10(9-16-3)8-15-11(2)14-7-12-4-5-13(14)6-12/h10-15H,4-9H2,1-3H3. The van der Waals surface area contributed by atoms with Crippen molar-refractivity contribution in [1.82, 2.24) is 5.32 Å². The van der Waals surface area contributed by atoms with E-state index in [0.29, 0.717) is 12.0 Å². The predicted octanol–water partition coefficient (Wildman–Crippen LogP) is 2.68. The first-order valence-electron chi connectivity index (χ1n) is 6.93. The number of fused-ring (bicyclic) bond motifs is 2. The minimum atomic E-state index is 0.631. The second-order valence-electron chi connectivity index (χ2n) is 6.10. The maximum atomic E-state index is 5.17. The van der Waals surface area contributed by atoms with Crippen molar-refractivity contribution in [2.45, 2.75) is 45.6 Å². The molecule has 2 aliphatic carbocycles. The summed E-state index contributed by atoms with van der Waals surface area (Å²) in [6.07, 6.45) is 6.00. The molecule has 2 heteroatoms. The predicted molar refractivity (Wildman–Crippen MR) is 67.4 cm³/mol. The number of hydrogen-bond donors (Lipinski definition) is 1. The van der Waals surface area contributed by atoms with Crippen LogP contribution in [0.25, 0.3) is 0 Å². The first-order valence-corrected chi connectivity index (χ1v) is 6.93. The fraction of sp³-hybridized carbons (Fsp3) is 1.00. The molecule has 0 heterocycles. The van der Waals surface area contributed by atoms with E-state index in [4.69, 9.17) is 4.74 Å². The second kappa shape index (κ2) is 5.50. The zero-order valence-corrected chi connectivity index (χ0v) is 11.0. The van der Waals surface area contributed by atoms with E-state index in [1.165, 1.54) is 25.7 Å². The van der Waals surface area contributed by atoms with Crippen LogP contribution in [0, 0.1) is 23.7 Å². The molecule has 0 aromatic rings. The Morgan fingerprint density at radius 2 is 2.06 bits per heavy atom. The Hall–Kier alpha value is -0.0800. The van der Waals surface area contributed by atoms with Gasteiger partial charge in [0.15, 0.2) is 0 Å². The van der Waals surface area contributed by atoms with E-state index in [2.05, 4.69) is 19.2 Å². The van der Waals surface area contributed by atoms with E-state index < -0.39 is 0 Å². The van der Waals surface area contributed by atoms with Crippen molar-refractivity contribution < 1.29 is 4.74 Å². The minimum Gasteiger partial charge on any atom is -0.384 e. The summed E-state index contributed by atoms with van der Waals surface area (Å²) in [6, 6.07) is 0.703. The van der Waals surface area contributed by atoms with Gasteiger partial charge in [0.05, 0.1) is 0 Å². The van der Waals surface area contributed by atoms with Crippen LogP contribution in [0.3, 0.4) is 0 Å². The van der Waals surface area contributed by atoms with Gasteiger partial charge in [0.1, 0.15) is 0 Å². The van der Waals surface area contributed by atoms with Gasteiger partial charge in [-0.1, -0.05) is 13.3 Å².